The lowest BCUT2D eigenvalue weighted by Crippen LogP contribution is -2.54. The molecule has 1 aliphatic rings. The maximum absolute atomic E-state index is 12.7. The average Bonchev–Trinajstić information content (AvgIpc) is 2.60. The zero-order chi connectivity index (χ0) is 18.8. The van der Waals surface area contributed by atoms with Gasteiger partial charge in [-0.05, 0) is 42.8 Å². The Hall–Kier alpha value is -3.74. The van der Waals surface area contributed by atoms with Gasteiger partial charge in [0.15, 0.2) is 0 Å². The normalized spacial score (nSPS) is 16.0. The van der Waals surface area contributed by atoms with Crippen molar-refractivity contribution in [3.05, 3.63) is 70.8 Å². The molecule has 0 atom stereocenters. The number of hydrogen-bond acceptors (Lipinski definition) is 4. The van der Waals surface area contributed by atoms with Crippen molar-refractivity contribution in [2.75, 3.05) is 4.90 Å². The summed E-state index contributed by atoms with van der Waals surface area (Å²) in [5.41, 5.74) is 1.67. The maximum atomic E-state index is 12.7. The van der Waals surface area contributed by atoms with Crippen LogP contribution in [0.4, 0.5) is 10.5 Å². The van der Waals surface area contributed by atoms with Crippen LogP contribution >= 0.6 is 0 Å². The lowest BCUT2D eigenvalue weighted by atomic mass is 10.1. The smallest absolute Gasteiger partial charge is 0.335 e. The van der Waals surface area contributed by atoms with Crippen LogP contribution < -0.4 is 10.2 Å². The second-order valence-corrected chi connectivity index (χ2v) is 5.72. The number of barbiturate groups is 1. The molecule has 0 bridgehead atoms. The van der Waals surface area contributed by atoms with Crippen molar-refractivity contribution in [1.82, 2.24) is 5.32 Å². The largest absolute Gasteiger partial charge is 0.478 e. The third kappa shape index (κ3) is 3.23. The maximum Gasteiger partial charge on any atom is 0.335 e. The molecule has 4 amide bonds. The van der Waals surface area contributed by atoms with E-state index in [2.05, 4.69) is 5.32 Å². The minimum atomic E-state index is -1.12. The average molecular weight is 350 g/mol. The van der Waals surface area contributed by atoms with Crippen molar-refractivity contribution in [2.45, 2.75) is 6.92 Å². The van der Waals surface area contributed by atoms with Crippen LogP contribution in [0, 0.1) is 6.92 Å². The number of anilines is 1. The molecular weight excluding hydrogens is 336 g/mol. The van der Waals surface area contributed by atoms with Gasteiger partial charge in [-0.1, -0.05) is 29.8 Å². The van der Waals surface area contributed by atoms with Gasteiger partial charge in [-0.3, -0.25) is 14.9 Å². The van der Waals surface area contributed by atoms with Crippen molar-refractivity contribution in [3.8, 4) is 0 Å². The van der Waals surface area contributed by atoms with E-state index in [0.29, 0.717) is 5.56 Å². The van der Waals surface area contributed by atoms with Gasteiger partial charge in [0.05, 0.1) is 11.3 Å². The van der Waals surface area contributed by atoms with Gasteiger partial charge in [0, 0.05) is 0 Å². The molecule has 26 heavy (non-hydrogen) atoms. The van der Waals surface area contributed by atoms with Gasteiger partial charge in [-0.15, -0.1) is 0 Å². The van der Waals surface area contributed by atoms with E-state index < -0.39 is 23.8 Å². The Bertz CT molecular complexity index is 943. The second-order valence-electron chi connectivity index (χ2n) is 5.72. The number of carboxylic acids is 1. The van der Waals surface area contributed by atoms with Crippen molar-refractivity contribution in [2.24, 2.45) is 0 Å². The van der Waals surface area contributed by atoms with Crippen LogP contribution in [-0.2, 0) is 9.59 Å². The summed E-state index contributed by atoms with van der Waals surface area (Å²) in [6.45, 7) is 1.91. The van der Waals surface area contributed by atoms with Gasteiger partial charge in [0.25, 0.3) is 11.8 Å². The van der Waals surface area contributed by atoms with Crippen LogP contribution in [0.2, 0.25) is 0 Å². The molecule has 2 N–H and O–H groups in total. The van der Waals surface area contributed by atoms with Gasteiger partial charge in [0.2, 0.25) is 0 Å². The lowest BCUT2D eigenvalue weighted by molar-refractivity contribution is -0.122. The second kappa shape index (κ2) is 6.64. The quantitative estimate of drug-likeness (QED) is 0.653. The predicted octanol–water partition coefficient (Wildman–Crippen LogP) is 2.36. The van der Waals surface area contributed by atoms with Crippen LogP contribution in [0.25, 0.3) is 6.08 Å². The summed E-state index contributed by atoms with van der Waals surface area (Å²) in [5.74, 6) is -2.68. The standard InChI is InChI=1S/C19H14N2O5/c1-11-2-4-12(5-3-11)10-15-16(22)20-19(26)21(17(15)23)14-8-6-13(7-9-14)18(24)25/h2-10H,1H3,(H,24,25)(H,20,22,26)/b15-10+. The third-order valence-corrected chi connectivity index (χ3v) is 3.86. The molecule has 2 aromatic carbocycles. The van der Waals surface area contributed by atoms with Crippen LogP contribution in [0.5, 0.6) is 0 Å². The van der Waals surface area contributed by atoms with Gasteiger partial charge in [-0.25, -0.2) is 14.5 Å². The number of hydrogen-bond donors (Lipinski definition) is 2. The molecule has 2 aromatic rings. The Balaban J connectivity index is 1.97. The first-order valence-electron chi connectivity index (χ1n) is 7.68. The Kier molecular flexibility index (Phi) is 4.36. The monoisotopic (exact) mass is 350 g/mol. The minimum Gasteiger partial charge on any atom is -0.478 e. The number of aromatic carboxylic acids is 1. The molecule has 1 heterocycles. The molecule has 1 aliphatic heterocycles. The van der Waals surface area contributed by atoms with Crippen molar-refractivity contribution in [1.29, 1.82) is 0 Å². The summed E-state index contributed by atoms with van der Waals surface area (Å²) in [5, 5.41) is 11.1. The highest BCUT2D eigenvalue weighted by Gasteiger charge is 2.36. The van der Waals surface area contributed by atoms with Gasteiger partial charge in [0.1, 0.15) is 5.57 Å². The summed E-state index contributed by atoms with van der Waals surface area (Å²) in [6.07, 6.45) is 1.40. The molecule has 0 radical (unpaired) electrons. The number of aryl methyl sites for hydroxylation is 1. The lowest BCUT2D eigenvalue weighted by Gasteiger charge is -2.26. The zero-order valence-corrected chi connectivity index (χ0v) is 13.7. The fraction of sp³-hybridized carbons (Fsp3) is 0.0526. The number of nitrogens with zero attached hydrogens (tertiary/aromatic N) is 1. The Morgan fingerprint density at radius 2 is 1.62 bits per heavy atom. The first kappa shape index (κ1) is 17.1. The minimum absolute atomic E-state index is 0.0186. The van der Waals surface area contributed by atoms with Crippen LogP contribution in [0.1, 0.15) is 21.5 Å². The van der Waals surface area contributed by atoms with E-state index >= 15 is 0 Å². The van der Waals surface area contributed by atoms with E-state index in [-0.39, 0.29) is 16.8 Å². The summed E-state index contributed by atoms with van der Waals surface area (Å²) >= 11 is 0. The van der Waals surface area contributed by atoms with E-state index in [1.165, 1.54) is 30.3 Å². The van der Waals surface area contributed by atoms with Gasteiger partial charge >= 0.3 is 12.0 Å². The highest BCUT2D eigenvalue weighted by molar-refractivity contribution is 6.39. The van der Waals surface area contributed by atoms with Gasteiger partial charge < -0.3 is 5.11 Å². The van der Waals surface area contributed by atoms with Crippen molar-refractivity contribution in [3.63, 3.8) is 0 Å². The SMILES string of the molecule is Cc1ccc(/C=C2\C(=O)NC(=O)N(c3ccc(C(=O)O)cc3)C2=O)cc1. The fourth-order valence-electron chi connectivity index (χ4n) is 2.47. The fourth-order valence-corrected chi connectivity index (χ4v) is 2.47. The summed E-state index contributed by atoms with van der Waals surface area (Å²) in [7, 11) is 0. The first-order chi connectivity index (χ1) is 12.4. The highest BCUT2D eigenvalue weighted by Crippen LogP contribution is 2.22. The Morgan fingerprint density at radius 3 is 2.19 bits per heavy atom. The molecule has 0 aromatic heterocycles. The summed E-state index contributed by atoms with van der Waals surface area (Å²) in [6, 6.07) is 11.5. The van der Waals surface area contributed by atoms with E-state index in [9.17, 15) is 19.2 Å². The predicted molar refractivity (Wildman–Crippen MR) is 93.6 cm³/mol. The molecule has 1 saturated heterocycles. The summed E-state index contributed by atoms with van der Waals surface area (Å²) < 4.78 is 0. The number of benzene rings is 2. The number of carbonyl (C=O) groups is 4. The number of rotatable bonds is 3. The van der Waals surface area contributed by atoms with Crippen LogP contribution in [0.3, 0.4) is 0 Å². The number of carbonyl (C=O) groups excluding carboxylic acids is 3. The molecule has 130 valence electrons. The molecule has 1 fully saturated rings. The topological polar surface area (TPSA) is 104 Å². The zero-order valence-electron chi connectivity index (χ0n) is 13.7. The number of imide groups is 2. The molecule has 7 nitrogen and oxygen atoms in total. The molecule has 0 saturated carbocycles. The van der Waals surface area contributed by atoms with E-state index in [1.807, 2.05) is 19.1 Å². The first-order valence-corrected chi connectivity index (χ1v) is 7.68. The van der Waals surface area contributed by atoms with E-state index in [0.717, 1.165) is 10.5 Å². The number of urea groups is 1. The summed E-state index contributed by atoms with van der Waals surface area (Å²) in [4.78, 5) is 48.6. The van der Waals surface area contributed by atoms with Crippen molar-refractivity contribution < 1.29 is 24.3 Å². The number of amides is 4. The van der Waals surface area contributed by atoms with Gasteiger partial charge in [-0.2, -0.15) is 0 Å². The Labute approximate surface area is 148 Å². The molecule has 0 unspecified atom stereocenters. The van der Waals surface area contributed by atoms with Crippen molar-refractivity contribution >= 4 is 35.6 Å². The third-order valence-electron chi connectivity index (χ3n) is 3.86. The van der Waals surface area contributed by atoms with Crippen LogP contribution in [0.15, 0.2) is 54.1 Å². The highest BCUT2D eigenvalue weighted by atomic mass is 16.4. The van der Waals surface area contributed by atoms with E-state index in [1.54, 1.807) is 12.1 Å². The molecular formula is C19H14N2O5. The van der Waals surface area contributed by atoms with Crippen LogP contribution in [-0.4, -0.2) is 28.9 Å². The van der Waals surface area contributed by atoms with E-state index in [4.69, 9.17) is 5.11 Å². The molecule has 3 rings (SSSR count). The molecule has 0 aliphatic carbocycles. The molecule has 0 spiro atoms. The Morgan fingerprint density at radius 1 is 1.00 bits per heavy atom. The molecule has 7 heteroatoms. The number of nitrogens with one attached hydrogen (secondary N) is 1. The number of carboxylic acid groups (broad SMARTS) is 1.